The van der Waals surface area contributed by atoms with Gasteiger partial charge in [-0.05, 0) is 35.7 Å². The van der Waals surface area contributed by atoms with E-state index < -0.39 is 0 Å². The number of oxazole rings is 1. The van der Waals surface area contributed by atoms with Crippen LogP contribution in [-0.4, -0.2) is 10.9 Å². The standard InChI is InChI=1S/C19H13ClN2O2S/c20-15-6-2-1-5-14(15)19-22-16-8-7-12(10-17(16)24-19)21-18(23)11-13-4-3-9-25-13/h1-10H,11H2,(H,21,23). The number of hydrogen-bond acceptors (Lipinski definition) is 4. The van der Waals surface area contributed by atoms with E-state index in [1.54, 1.807) is 23.5 Å². The smallest absolute Gasteiger partial charge is 0.229 e. The molecule has 0 saturated carbocycles. The summed E-state index contributed by atoms with van der Waals surface area (Å²) in [6.45, 7) is 0. The summed E-state index contributed by atoms with van der Waals surface area (Å²) >= 11 is 7.76. The van der Waals surface area contributed by atoms with Gasteiger partial charge in [0, 0.05) is 16.6 Å². The van der Waals surface area contributed by atoms with E-state index in [1.807, 2.05) is 47.8 Å². The number of rotatable bonds is 4. The minimum absolute atomic E-state index is 0.0624. The van der Waals surface area contributed by atoms with Crippen LogP contribution < -0.4 is 5.32 Å². The van der Waals surface area contributed by atoms with E-state index in [9.17, 15) is 4.79 Å². The third-order valence-electron chi connectivity index (χ3n) is 3.69. The Hall–Kier alpha value is -2.63. The highest BCUT2D eigenvalue weighted by Gasteiger charge is 2.12. The molecule has 0 fully saturated rings. The first kappa shape index (κ1) is 15.9. The van der Waals surface area contributed by atoms with Gasteiger partial charge in [0.15, 0.2) is 5.58 Å². The number of fused-ring (bicyclic) bond motifs is 1. The normalized spacial score (nSPS) is 10.9. The number of anilines is 1. The van der Waals surface area contributed by atoms with Crippen molar-refractivity contribution in [3.8, 4) is 11.5 Å². The Morgan fingerprint density at radius 1 is 1.16 bits per heavy atom. The minimum Gasteiger partial charge on any atom is -0.436 e. The zero-order valence-electron chi connectivity index (χ0n) is 13.0. The van der Waals surface area contributed by atoms with Crippen LogP contribution in [0, 0.1) is 0 Å². The molecular formula is C19H13ClN2O2S. The van der Waals surface area contributed by atoms with Gasteiger partial charge in [-0.2, -0.15) is 0 Å². The molecule has 0 spiro atoms. The summed E-state index contributed by atoms with van der Waals surface area (Å²) in [6.07, 6.45) is 0.358. The topological polar surface area (TPSA) is 55.1 Å². The summed E-state index contributed by atoms with van der Waals surface area (Å²) < 4.78 is 5.82. The predicted molar refractivity (Wildman–Crippen MR) is 101 cm³/mol. The van der Waals surface area contributed by atoms with Crippen LogP contribution >= 0.6 is 22.9 Å². The average Bonchev–Trinajstić information content (AvgIpc) is 3.24. The number of carbonyl (C=O) groups is 1. The van der Waals surface area contributed by atoms with Crippen molar-refractivity contribution in [3.63, 3.8) is 0 Å². The van der Waals surface area contributed by atoms with Crippen molar-refractivity contribution in [2.45, 2.75) is 6.42 Å². The van der Waals surface area contributed by atoms with Crippen molar-refractivity contribution in [2.24, 2.45) is 0 Å². The monoisotopic (exact) mass is 368 g/mol. The quantitative estimate of drug-likeness (QED) is 0.525. The molecule has 0 aliphatic heterocycles. The van der Waals surface area contributed by atoms with Crippen LogP contribution in [0.25, 0.3) is 22.6 Å². The number of aromatic nitrogens is 1. The van der Waals surface area contributed by atoms with Gasteiger partial charge in [0.25, 0.3) is 0 Å². The van der Waals surface area contributed by atoms with Gasteiger partial charge in [-0.25, -0.2) is 4.98 Å². The Bertz CT molecular complexity index is 1040. The van der Waals surface area contributed by atoms with Crippen LogP contribution in [0.15, 0.2) is 64.4 Å². The summed E-state index contributed by atoms with van der Waals surface area (Å²) in [4.78, 5) is 17.6. The van der Waals surface area contributed by atoms with E-state index in [1.165, 1.54) is 0 Å². The molecule has 4 rings (SSSR count). The minimum atomic E-state index is -0.0624. The highest BCUT2D eigenvalue weighted by Crippen LogP contribution is 2.30. The molecule has 6 heteroatoms. The molecule has 0 saturated heterocycles. The molecule has 0 atom stereocenters. The number of hydrogen-bond donors (Lipinski definition) is 1. The number of amides is 1. The Kier molecular flexibility index (Phi) is 4.26. The van der Waals surface area contributed by atoms with Gasteiger partial charge in [0.1, 0.15) is 5.52 Å². The summed E-state index contributed by atoms with van der Waals surface area (Å²) in [5.41, 5.74) is 2.73. The molecule has 2 heterocycles. The first-order chi connectivity index (χ1) is 12.2. The van der Waals surface area contributed by atoms with Gasteiger partial charge in [0.2, 0.25) is 11.8 Å². The van der Waals surface area contributed by atoms with E-state index in [0.29, 0.717) is 34.1 Å². The van der Waals surface area contributed by atoms with Gasteiger partial charge >= 0.3 is 0 Å². The summed E-state index contributed by atoms with van der Waals surface area (Å²) in [6, 6.07) is 16.7. The van der Waals surface area contributed by atoms with Crippen LogP contribution in [0.1, 0.15) is 4.88 Å². The first-order valence-corrected chi connectivity index (χ1v) is 8.92. The molecule has 1 amide bonds. The summed E-state index contributed by atoms with van der Waals surface area (Å²) in [5.74, 6) is 0.398. The van der Waals surface area contributed by atoms with Gasteiger partial charge < -0.3 is 9.73 Å². The number of nitrogens with one attached hydrogen (secondary N) is 1. The Morgan fingerprint density at radius 3 is 2.84 bits per heavy atom. The van der Waals surface area contributed by atoms with Crippen LogP contribution in [-0.2, 0) is 11.2 Å². The molecule has 2 aromatic heterocycles. The second kappa shape index (κ2) is 6.70. The van der Waals surface area contributed by atoms with Gasteiger partial charge in [-0.1, -0.05) is 29.8 Å². The second-order valence-corrected chi connectivity index (χ2v) is 6.93. The van der Waals surface area contributed by atoms with Crippen molar-refractivity contribution in [1.82, 2.24) is 4.98 Å². The largest absolute Gasteiger partial charge is 0.436 e. The van der Waals surface area contributed by atoms with Crippen molar-refractivity contribution < 1.29 is 9.21 Å². The fraction of sp³-hybridized carbons (Fsp3) is 0.0526. The molecule has 4 aromatic rings. The molecule has 1 N–H and O–H groups in total. The predicted octanol–water partition coefficient (Wildman–Crippen LogP) is 5.39. The van der Waals surface area contributed by atoms with Gasteiger partial charge in [-0.3, -0.25) is 4.79 Å². The lowest BCUT2D eigenvalue weighted by atomic mass is 10.2. The van der Waals surface area contributed by atoms with Crippen molar-refractivity contribution >= 4 is 45.6 Å². The fourth-order valence-electron chi connectivity index (χ4n) is 2.53. The number of benzene rings is 2. The Balaban J connectivity index is 1.58. The van der Waals surface area contributed by atoms with Crippen LogP contribution in [0.5, 0.6) is 0 Å². The van der Waals surface area contributed by atoms with Gasteiger partial charge in [-0.15, -0.1) is 11.3 Å². The second-order valence-electron chi connectivity index (χ2n) is 5.49. The molecular weight excluding hydrogens is 356 g/mol. The number of carbonyl (C=O) groups excluding carboxylic acids is 1. The van der Waals surface area contributed by atoms with Crippen molar-refractivity contribution in [2.75, 3.05) is 5.32 Å². The summed E-state index contributed by atoms with van der Waals surface area (Å²) in [5, 5.41) is 5.43. The number of thiophene rings is 1. The van der Waals surface area contributed by atoms with Gasteiger partial charge in [0.05, 0.1) is 17.0 Å². The van der Waals surface area contributed by atoms with E-state index in [4.69, 9.17) is 16.0 Å². The zero-order valence-corrected chi connectivity index (χ0v) is 14.6. The summed E-state index contributed by atoms with van der Waals surface area (Å²) in [7, 11) is 0. The lowest BCUT2D eigenvalue weighted by molar-refractivity contribution is -0.115. The lowest BCUT2D eigenvalue weighted by Gasteiger charge is -2.03. The molecule has 0 bridgehead atoms. The highest BCUT2D eigenvalue weighted by atomic mass is 35.5. The molecule has 0 radical (unpaired) electrons. The number of halogens is 1. The first-order valence-electron chi connectivity index (χ1n) is 7.67. The van der Waals surface area contributed by atoms with Crippen molar-refractivity contribution in [3.05, 3.63) is 69.9 Å². The third-order valence-corrected chi connectivity index (χ3v) is 4.90. The van der Waals surface area contributed by atoms with E-state index >= 15 is 0 Å². The molecule has 0 unspecified atom stereocenters. The molecule has 2 aromatic carbocycles. The lowest BCUT2D eigenvalue weighted by Crippen LogP contribution is -2.13. The number of nitrogens with zero attached hydrogens (tertiary/aromatic N) is 1. The Morgan fingerprint density at radius 2 is 2.04 bits per heavy atom. The Labute approximate surface area is 153 Å². The van der Waals surface area contributed by atoms with Crippen LogP contribution in [0.3, 0.4) is 0 Å². The maximum Gasteiger partial charge on any atom is 0.229 e. The zero-order chi connectivity index (χ0) is 17.2. The highest BCUT2D eigenvalue weighted by molar-refractivity contribution is 7.10. The van der Waals surface area contributed by atoms with Crippen LogP contribution in [0.4, 0.5) is 5.69 Å². The molecule has 25 heavy (non-hydrogen) atoms. The maximum absolute atomic E-state index is 12.1. The maximum atomic E-state index is 12.1. The van der Waals surface area contributed by atoms with Crippen molar-refractivity contribution in [1.29, 1.82) is 0 Å². The van der Waals surface area contributed by atoms with E-state index in [-0.39, 0.29) is 5.91 Å². The van der Waals surface area contributed by atoms with E-state index in [0.717, 1.165) is 10.4 Å². The molecule has 0 aliphatic rings. The SMILES string of the molecule is O=C(Cc1cccs1)Nc1ccc2nc(-c3ccccc3Cl)oc2c1. The molecule has 4 nitrogen and oxygen atoms in total. The third kappa shape index (κ3) is 3.43. The molecule has 124 valence electrons. The molecule has 0 aliphatic carbocycles. The fourth-order valence-corrected chi connectivity index (χ4v) is 3.45. The van der Waals surface area contributed by atoms with E-state index in [2.05, 4.69) is 10.3 Å². The van der Waals surface area contributed by atoms with Crippen LogP contribution in [0.2, 0.25) is 5.02 Å². The average molecular weight is 369 g/mol.